The maximum Gasteiger partial charge on any atom is 0.407 e. The lowest BCUT2D eigenvalue weighted by molar-refractivity contribution is -0.142. The highest BCUT2D eigenvalue weighted by Gasteiger charge is 2.45. The van der Waals surface area contributed by atoms with Gasteiger partial charge in [-0.15, -0.1) is 0 Å². The number of amides is 3. The van der Waals surface area contributed by atoms with Crippen molar-refractivity contribution < 1.29 is 33.0 Å². The molecule has 1 aromatic carbocycles. The van der Waals surface area contributed by atoms with Gasteiger partial charge in [-0.25, -0.2) is 14.2 Å². The fraction of sp³-hybridized carbons (Fsp3) is 0.360. The zero-order valence-electron chi connectivity index (χ0n) is 20.5. The average Bonchev–Trinajstić information content (AvgIpc) is 3.43. The van der Waals surface area contributed by atoms with Crippen molar-refractivity contribution in [2.24, 2.45) is 11.3 Å². The number of halogens is 2. The van der Waals surface area contributed by atoms with Gasteiger partial charge in [0.25, 0.3) is 5.91 Å². The van der Waals surface area contributed by atoms with E-state index in [0.717, 1.165) is 0 Å². The van der Waals surface area contributed by atoms with Gasteiger partial charge >= 0.3 is 6.09 Å². The quantitative estimate of drug-likeness (QED) is 0.562. The van der Waals surface area contributed by atoms with Gasteiger partial charge in [0.1, 0.15) is 0 Å². The first-order valence-corrected chi connectivity index (χ1v) is 11.6. The highest BCUT2D eigenvalue weighted by Crippen LogP contribution is 2.43. The number of H-pyrrole nitrogens is 1. The summed E-state index contributed by atoms with van der Waals surface area (Å²) >= 11 is 0. The number of nitrogens with zero attached hydrogens (tertiary/aromatic N) is 3. The molecule has 2 aliphatic rings. The minimum atomic E-state index is -1.27. The molecule has 1 aromatic heterocycles. The number of piperazine rings is 1. The van der Waals surface area contributed by atoms with Gasteiger partial charge in [-0.1, -0.05) is 13.0 Å². The first-order chi connectivity index (χ1) is 17.6. The molecule has 3 N–H and O–H groups in total. The predicted molar refractivity (Wildman–Crippen MR) is 128 cm³/mol. The van der Waals surface area contributed by atoms with Gasteiger partial charge in [-0.2, -0.15) is 4.39 Å². The number of hydrogen-bond acceptors (Lipinski definition) is 5. The Morgan fingerprint density at radius 2 is 1.84 bits per heavy atom. The van der Waals surface area contributed by atoms with Gasteiger partial charge in [-0.05, 0) is 30.7 Å². The highest BCUT2D eigenvalue weighted by molar-refractivity contribution is 5.94. The van der Waals surface area contributed by atoms with Gasteiger partial charge in [0.05, 0.1) is 12.5 Å². The summed E-state index contributed by atoms with van der Waals surface area (Å²) in [7, 11) is 1.22. The molecule has 196 valence electrons. The van der Waals surface area contributed by atoms with Crippen LogP contribution in [0.5, 0.6) is 5.75 Å². The van der Waals surface area contributed by atoms with Crippen LogP contribution in [0.3, 0.4) is 0 Å². The van der Waals surface area contributed by atoms with Crippen molar-refractivity contribution in [3.05, 3.63) is 65.4 Å². The van der Waals surface area contributed by atoms with Crippen molar-refractivity contribution >= 4 is 23.5 Å². The third kappa shape index (κ3) is 4.78. The fourth-order valence-corrected chi connectivity index (χ4v) is 4.59. The highest BCUT2D eigenvalue weighted by atomic mass is 19.2. The van der Waals surface area contributed by atoms with Crippen LogP contribution in [0.2, 0.25) is 0 Å². The zero-order chi connectivity index (χ0) is 26.9. The largest absolute Gasteiger partial charge is 0.494 e. The normalized spacial score (nSPS) is 21.7. The summed E-state index contributed by atoms with van der Waals surface area (Å²) in [6.45, 7) is 4.07. The zero-order valence-corrected chi connectivity index (χ0v) is 20.5. The molecule has 4 rings (SSSR count). The van der Waals surface area contributed by atoms with E-state index in [1.54, 1.807) is 24.8 Å². The molecule has 1 aliphatic carbocycles. The average molecular weight is 516 g/mol. The molecule has 0 saturated carbocycles. The van der Waals surface area contributed by atoms with Gasteiger partial charge < -0.3 is 29.9 Å². The second kappa shape index (κ2) is 10.0. The Labute approximate surface area is 211 Å². The molecule has 2 aromatic rings. The fourth-order valence-electron chi connectivity index (χ4n) is 4.59. The van der Waals surface area contributed by atoms with Crippen LogP contribution in [0, 0.1) is 23.0 Å². The summed E-state index contributed by atoms with van der Waals surface area (Å²) in [5, 5.41) is 12.0. The van der Waals surface area contributed by atoms with Crippen molar-refractivity contribution in [1.29, 1.82) is 0 Å². The number of imidazole rings is 1. The molecule has 0 spiro atoms. The molecule has 2 heterocycles. The number of ether oxygens (including phenoxy) is 1. The van der Waals surface area contributed by atoms with E-state index in [1.807, 2.05) is 0 Å². The molecule has 2 atom stereocenters. The monoisotopic (exact) mass is 515 g/mol. The topological polar surface area (TPSA) is 128 Å². The Morgan fingerprint density at radius 1 is 1.16 bits per heavy atom. The number of benzene rings is 1. The second-order valence-electron chi connectivity index (χ2n) is 9.10. The van der Waals surface area contributed by atoms with Crippen LogP contribution in [0.4, 0.5) is 13.6 Å². The smallest absolute Gasteiger partial charge is 0.407 e. The summed E-state index contributed by atoms with van der Waals surface area (Å²) < 4.78 is 34.5. The Hall–Kier alpha value is -4.22. The third-order valence-electron chi connectivity index (χ3n) is 6.98. The Kier molecular flexibility index (Phi) is 7.01. The van der Waals surface area contributed by atoms with E-state index < -0.39 is 35.0 Å². The van der Waals surface area contributed by atoms with Crippen molar-refractivity contribution in [1.82, 2.24) is 25.1 Å². The van der Waals surface area contributed by atoms with Crippen LogP contribution >= 0.6 is 0 Å². The summed E-state index contributed by atoms with van der Waals surface area (Å²) in [5.41, 5.74) is -0.865. The van der Waals surface area contributed by atoms with Gasteiger partial charge in [0.2, 0.25) is 11.7 Å². The molecule has 1 aliphatic heterocycles. The number of aromatic nitrogens is 2. The van der Waals surface area contributed by atoms with Gasteiger partial charge in [0.15, 0.2) is 17.4 Å². The summed E-state index contributed by atoms with van der Waals surface area (Å²) in [6, 6.07) is 2.63. The molecule has 0 bridgehead atoms. The number of methoxy groups -OCH3 is 1. The number of carboxylic acid groups (broad SMARTS) is 1. The molecule has 0 radical (unpaired) electrons. The first-order valence-electron chi connectivity index (χ1n) is 11.6. The van der Waals surface area contributed by atoms with Gasteiger partial charge in [-0.3, -0.25) is 9.59 Å². The molecule has 1 saturated heterocycles. The van der Waals surface area contributed by atoms with Crippen molar-refractivity contribution in [3.8, 4) is 5.75 Å². The molecular weight excluding hydrogens is 488 g/mol. The number of nitrogens with one attached hydrogen (secondary N) is 2. The first kappa shape index (κ1) is 25.9. The number of allylic oxidation sites excluding steroid dienone is 3. The van der Waals surface area contributed by atoms with E-state index in [-0.39, 0.29) is 54.8 Å². The molecular formula is C25H27F2N5O5. The van der Waals surface area contributed by atoms with Crippen molar-refractivity contribution in [3.63, 3.8) is 0 Å². The van der Waals surface area contributed by atoms with Gasteiger partial charge in [0, 0.05) is 55.8 Å². The number of rotatable bonds is 5. The Morgan fingerprint density at radius 3 is 2.43 bits per heavy atom. The molecule has 10 nitrogen and oxygen atoms in total. The predicted octanol–water partition coefficient (Wildman–Crippen LogP) is 2.87. The Bertz CT molecular complexity index is 1280. The van der Waals surface area contributed by atoms with Crippen LogP contribution in [0.25, 0.3) is 5.57 Å². The molecule has 1 fully saturated rings. The van der Waals surface area contributed by atoms with E-state index in [1.165, 1.54) is 42.6 Å². The van der Waals surface area contributed by atoms with E-state index in [0.29, 0.717) is 5.70 Å². The van der Waals surface area contributed by atoms with Crippen LogP contribution in [-0.4, -0.2) is 76.1 Å². The molecule has 37 heavy (non-hydrogen) atoms. The van der Waals surface area contributed by atoms with E-state index in [4.69, 9.17) is 4.74 Å². The van der Waals surface area contributed by atoms with Crippen molar-refractivity contribution in [2.45, 2.75) is 13.8 Å². The van der Waals surface area contributed by atoms with E-state index in [2.05, 4.69) is 15.3 Å². The minimum Gasteiger partial charge on any atom is -0.494 e. The second-order valence-corrected chi connectivity index (χ2v) is 9.10. The summed E-state index contributed by atoms with van der Waals surface area (Å²) in [4.78, 5) is 47.3. The minimum absolute atomic E-state index is 0.0451. The lowest BCUT2D eigenvalue weighted by atomic mass is 9.69. The number of carbonyl (C=O) groups excluding carboxylic acids is 2. The van der Waals surface area contributed by atoms with E-state index in [9.17, 15) is 23.9 Å². The third-order valence-corrected chi connectivity index (χ3v) is 6.98. The van der Waals surface area contributed by atoms with Crippen LogP contribution in [-0.2, 0) is 4.79 Å². The van der Waals surface area contributed by atoms with Crippen LogP contribution in [0.15, 0.2) is 42.4 Å². The molecule has 2 unspecified atom stereocenters. The molecule has 12 heteroatoms. The standard InChI is InChI=1S/C25H27F2N5O5/c1-14-17(30-22(33)21-28-6-7-29-21)12-15(16-4-5-18(37-3)20(27)19(16)26)13-25(14,2)23(34)31-8-10-32(11-9-31)24(35)36/h4-7,12-14H,8-11H2,1-3H3,(H,28,29)(H,30,33)(H,35,36). The summed E-state index contributed by atoms with van der Waals surface area (Å²) in [6.07, 6.45) is 4.91. The van der Waals surface area contributed by atoms with Crippen LogP contribution < -0.4 is 10.1 Å². The van der Waals surface area contributed by atoms with Crippen LogP contribution in [0.1, 0.15) is 30.0 Å². The molecule has 3 amide bonds. The maximum absolute atomic E-state index is 15.1. The lowest BCUT2D eigenvalue weighted by Gasteiger charge is -2.42. The van der Waals surface area contributed by atoms with Crippen molar-refractivity contribution in [2.75, 3.05) is 33.3 Å². The summed E-state index contributed by atoms with van der Waals surface area (Å²) in [5.74, 6) is -4.01. The van der Waals surface area contributed by atoms with E-state index >= 15 is 4.39 Å². The SMILES string of the molecule is COc1ccc(C2=CC(C)(C(=O)N3CCN(C(=O)O)CC3)C(C)C(NC(=O)c3ncc[nH]3)=C2)c(F)c1F. The number of hydrogen-bond donors (Lipinski definition) is 3. The lowest BCUT2D eigenvalue weighted by Crippen LogP contribution is -2.55. The maximum atomic E-state index is 15.1. The number of carbonyl (C=O) groups is 3. The Balaban J connectivity index is 1.74. The number of aromatic amines is 1.